The number of hydrogen-bond acceptors (Lipinski definition) is 1. The van der Waals surface area contributed by atoms with Crippen LogP contribution in [0.4, 0.5) is 0 Å². The first-order valence-corrected chi connectivity index (χ1v) is 5.69. The highest BCUT2D eigenvalue weighted by molar-refractivity contribution is 5.20. The Morgan fingerprint density at radius 2 is 1.86 bits per heavy atom. The van der Waals surface area contributed by atoms with Crippen LogP contribution in [0, 0.1) is 16.7 Å². The van der Waals surface area contributed by atoms with Gasteiger partial charge in [0.25, 0.3) is 0 Å². The van der Waals surface area contributed by atoms with Gasteiger partial charge in [0.15, 0.2) is 0 Å². The van der Waals surface area contributed by atoms with Crippen molar-refractivity contribution in [1.29, 1.82) is 0 Å². The van der Waals surface area contributed by atoms with Gasteiger partial charge in [0, 0.05) is 5.41 Å². The van der Waals surface area contributed by atoms with E-state index in [4.69, 9.17) is 0 Å². The van der Waals surface area contributed by atoms with Crippen molar-refractivity contribution in [2.45, 2.75) is 52.1 Å². The average Bonchev–Trinajstić information content (AvgIpc) is 2.73. The van der Waals surface area contributed by atoms with Crippen molar-refractivity contribution < 1.29 is 5.11 Å². The zero-order chi connectivity index (χ0) is 10.6. The maximum Gasteiger partial charge on any atom is 0.0881 e. The van der Waals surface area contributed by atoms with Crippen LogP contribution in [0.1, 0.15) is 46.5 Å². The van der Waals surface area contributed by atoms with E-state index in [0.717, 1.165) is 12.8 Å². The molecule has 0 radical (unpaired) electrons. The monoisotopic (exact) mass is 194 g/mol. The van der Waals surface area contributed by atoms with E-state index in [2.05, 4.69) is 27.4 Å². The Hall–Kier alpha value is -0.300. The highest BCUT2D eigenvalue weighted by atomic mass is 16.3. The molecule has 0 heterocycles. The lowest BCUT2D eigenvalue weighted by Crippen LogP contribution is -2.36. The highest BCUT2D eigenvalue weighted by Crippen LogP contribution is 2.66. The zero-order valence-electron chi connectivity index (χ0n) is 9.64. The lowest BCUT2D eigenvalue weighted by molar-refractivity contribution is 0.00833. The third-order valence-corrected chi connectivity index (χ3v) is 4.72. The van der Waals surface area contributed by atoms with E-state index in [-0.39, 0.29) is 5.41 Å². The first kappa shape index (κ1) is 10.2. The van der Waals surface area contributed by atoms with Crippen LogP contribution >= 0.6 is 0 Å². The van der Waals surface area contributed by atoms with Crippen LogP contribution in [-0.2, 0) is 0 Å². The number of rotatable bonds is 1. The topological polar surface area (TPSA) is 20.2 Å². The maximum atomic E-state index is 10.5. The van der Waals surface area contributed by atoms with Crippen LogP contribution in [-0.4, -0.2) is 10.7 Å². The predicted octanol–water partition coefficient (Wildman–Crippen LogP) is 3.14. The summed E-state index contributed by atoms with van der Waals surface area (Å²) in [5.41, 5.74) is -0.0795. The molecule has 0 aliphatic heterocycles. The fraction of sp³-hybridized carbons (Fsp3) is 0.846. The van der Waals surface area contributed by atoms with Gasteiger partial charge in [-0.25, -0.2) is 0 Å². The summed E-state index contributed by atoms with van der Waals surface area (Å²) >= 11 is 0. The standard InChI is InChI=1S/C13H22O/c1-5-13(14)7-6-11(2,3)8-10-9-12(10,13)4/h5,10,14H,1,6-9H2,2-4H3/t10?,12-,13-/m1/s1. The molecule has 80 valence electrons. The van der Waals surface area contributed by atoms with Crippen LogP contribution in [0.2, 0.25) is 0 Å². The fourth-order valence-corrected chi connectivity index (χ4v) is 3.20. The SMILES string of the molecule is C=C[C@@]1(O)CCC(C)(C)CC2C[C@]21C. The van der Waals surface area contributed by atoms with Gasteiger partial charge in [-0.15, -0.1) is 6.58 Å². The molecule has 2 saturated carbocycles. The van der Waals surface area contributed by atoms with E-state index in [9.17, 15) is 5.11 Å². The third-order valence-electron chi connectivity index (χ3n) is 4.72. The first-order valence-electron chi connectivity index (χ1n) is 5.69. The first-order chi connectivity index (χ1) is 6.33. The molecule has 0 aromatic carbocycles. The molecule has 14 heavy (non-hydrogen) atoms. The van der Waals surface area contributed by atoms with E-state index in [0.29, 0.717) is 11.3 Å². The molecule has 2 aliphatic rings. The van der Waals surface area contributed by atoms with Crippen LogP contribution in [0.3, 0.4) is 0 Å². The highest BCUT2D eigenvalue weighted by Gasteiger charge is 2.63. The molecule has 0 aromatic rings. The van der Waals surface area contributed by atoms with Crippen molar-refractivity contribution >= 4 is 0 Å². The Morgan fingerprint density at radius 1 is 1.21 bits per heavy atom. The van der Waals surface area contributed by atoms with Gasteiger partial charge in [0.05, 0.1) is 5.60 Å². The molecule has 3 atom stereocenters. The van der Waals surface area contributed by atoms with Crippen molar-refractivity contribution in [2.24, 2.45) is 16.7 Å². The third kappa shape index (κ3) is 1.25. The minimum absolute atomic E-state index is 0.127. The largest absolute Gasteiger partial charge is 0.385 e. The number of hydrogen-bond donors (Lipinski definition) is 1. The molecule has 2 rings (SSSR count). The minimum Gasteiger partial charge on any atom is -0.385 e. The summed E-state index contributed by atoms with van der Waals surface area (Å²) in [4.78, 5) is 0. The van der Waals surface area contributed by atoms with E-state index >= 15 is 0 Å². The van der Waals surface area contributed by atoms with E-state index in [1.807, 2.05) is 0 Å². The number of aliphatic hydroxyl groups is 1. The van der Waals surface area contributed by atoms with Gasteiger partial charge < -0.3 is 5.11 Å². The molecular formula is C13H22O. The molecule has 0 spiro atoms. The Kier molecular flexibility index (Phi) is 1.92. The molecular weight excluding hydrogens is 172 g/mol. The van der Waals surface area contributed by atoms with Crippen molar-refractivity contribution in [3.05, 3.63) is 12.7 Å². The van der Waals surface area contributed by atoms with Crippen molar-refractivity contribution in [3.8, 4) is 0 Å². The maximum absolute atomic E-state index is 10.5. The normalized spacial score (nSPS) is 50.4. The second kappa shape index (κ2) is 2.63. The van der Waals surface area contributed by atoms with Crippen molar-refractivity contribution in [3.63, 3.8) is 0 Å². The molecule has 0 bridgehead atoms. The lowest BCUT2D eigenvalue weighted by Gasteiger charge is -2.32. The Bertz CT molecular complexity index is 268. The van der Waals surface area contributed by atoms with Crippen LogP contribution < -0.4 is 0 Å². The molecule has 1 unspecified atom stereocenters. The molecule has 0 saturated heterocycles. The smallest absolute Gasteiger partial charge is 0.0881 e. The van der Waals surface area contributed by atoms with Crippen molar-refractivity contribution in [1.82, 2.24) is 0 Å². The van der Waals surface area contributed by atoms with Crippen LogP contribution in [0.25, 0.3) is 0 Å². The predicted molar refractivity (Wildman–Crippen MR) is 59.0 cm³/mol. The summed E-state index contributed by atoms with van der Waals surface area (Å²) in [7, 11) is 0. The Balaban J connectivity index is 2.28. The lowest BCUT2D eigenvalue weighted by atomic mass is 9.80. The van der Waals surface area contributed by atoms with Crippen LogP contribution in [0.5, 0.6) is 0 Å². The van der Waals surface area contributed by atoms with Gasteiger partial charge >= 0.3 is 0 Å². The summed E-state index contributed by atoms with van der Waals surface area (Å²) in [5, 5.41) is 10.5. The van der Waals surface area contributed by atoms with Gasteiger partial charge in [0.2, 0.25) is 0 Å². The second-order valence-electron chi connectivity index (χ2n) is 6.32. The average molecular weight is 194 g/mol. The van der Waals surface area contributed by atoms with Gasteiger partial charge in [-0.2, -0.15) is 0 Å². The molecule has 1 N–H and O–H groups in total. The Labute approximate surface area is 87.2 Å². The van der Waals surface area contributed by atoms with E-state index in [1.54, 1.807) is 6.08 Å². The van der Waals surface area contributed by atoms with Crippen molar-refractivity contribution in [2.75, 3.05) is 0 Å². The molecule has 1 nitrogen and oxygen atoms in total. The summed E-state index contributed by atoms with van der Waals surface area (Å²) < 4.78 is 0. The molecule has 2 aliphatic carbocycles. The van der Waals surface area contributed by atoms with E-state index in [1.165, 1.54) is 12.8 Å². The Morgan fingerprint density at radius 3 is 2.43 bits per heavy atom. The number of fused-ring (bicyclic) bond motifs is 1. The summed E-state index contributed by atoms with van der Waals surface area (Å²) in [6.45, 7) is 10.7. The zero-order valence-corrected chi connectivity index (χ0v) is 9.64. The summed E-state index contributed by atoms with van der Waals surface area (Å²) in [6.07, 6.45) is 6.23. The van der Waals surface area contributed by atoms with Gasteiger partial charge in [-0.1, -0.05) is 26.8 Å². The van der Waals surface area contributed by atoms with Gasteiger partial charge in [0.1, 0.15) is 0 Å². The summed E-state index contributed by atoms with van der Waals surface area (Å²) in [6, 6.07) is 0. The molecule has 0 amide bonds. The summed E-state index contributed by atoms with van der Waals surface area (Å²) in [5.74, 6) is 0.711. The van der Waals surface area contributed by atoms with E-state index < -0.39 is 5.60 Å². The second-order valence-corrected chi connectivity index (χ2v) is 6.32. The quantitative estimate of drug-likeness (QED) is 0.636. The van der Waals surface area contributed by atoms with Gasteiger partial charge in [-0.3, -0.25) is 0 Å². The molecule has 2 fully saturated rings. The van der Waals surface area contributed by atoms with Crippen LogP contribution in [0.15, 0.2) is 12.7 Å². The molecule has 1 heteroatoms. The fourth-order valence-electron chi connectivity index (χ4n) is 3.20. The van der Waals surface area contributed by atoms with Gasteiger partial charge in [-0.05, 0) is 37.0 Å². The minimum atomic E-state index is -0.606. The molecule has 0 aromatic heterocycles.